The van der Waals surface area contributed by atoms with E-state index in [1.807, 2.05) is 24.3 Å². The third-order valence-corrected chi connectivity index (χ3v) is 3.10. The fourth-order valence-electron chi connectivity index (χ4n) is 2.09. The number of ether oxygens (including phenoxy) is 2. The Hall–Kier alpha value is -2.14. The summed E-state index contributed by atoms with van der Waals surface area (Å²) in [7, 11) is 1.60. The van der Waals surface area contributed by atoms with E-state index in [4.69, 9.17) is 10.5 Å². The minimum atomic E-state index is -2.84. The van der Waals surface area contributed by atoms with Crippen molar-refractivity contribution in [1.82, 2.24) is 0 Å². The van der Waals surface area contributed by atoms with Crippen LogP contribution in [0.2, 0.25) is 0 Å². The van der Waals surface area contributed by atoms with Gasteiger partial charge in [0.2, 0.25) is 0 Å². The fourth-order valence-corrected chi connectivity index (χ4v) is 2.09. The van der Waals surface area contributed by atoms with Gasteiger partial charge in [-0.25, -0.2) is 0 Å². The van der Waals surface area contributed by atoms with Gasteiger partial charge >= 0.3 is 6.61 Å². The minimum absolute atomic E-state index is 0.114. The molecule has 0 aliphatic rings. The van der Waals surface area contributed by atoms with Gasteiger partial charge in [-0.3, -0.25) is 0 Å². The van der Waals surface area contributed by atoms with Gasteiger partial charge in [-0.15, -0.1) is 0 Å². The van der Waals surface area contributed by atoms with E-state index in [1.54, 1.807) is 19.2 Å². The summed E-state index contributed by atoms with van der Waals surface area (Å²) in [4.78, 5) is 0. The molecule has 112 valence electrons. The first-order valence-corrected chi connectivity index (χ1v) is 6.52. The molecule has 2 aromatic carbocycles. The summed E-state index contributed by atoms with van der Waals surface area (Å²) in [5.41, 5.74) is 7.90. The number of hydrogen-bond donors (Lipinski definition) is 1. The van der Waals surface area contributed by atoms with Crippen LogP contribution in [0.3, 0.4) is 0 Å². The maximum absolute atomic E-state index is 12.2. The summed E-state index contributed by atoms with van der Waals surface area (Å²) in [6.07, 6.45) is 0.579. The molecule has 0 aliphatic heterocycles. The third-order valence-electron chi connectivity index (χ3n) is 3.10. The predicted octanol–water partition coefficient (Wildman–Crippen LogP) is 3.54. The van der Waals surface area contributed by atoms with Crippen molar-refractivity contribution in [3.8, 4) is 11.5 Å². The van der Waals surface area contributed by atoms with Crippen molar-refractivity contribution in [2.75, 3.05) is 7.11 Å². The standard InChI is InChI=1S/C16H17F2NO2/c1-20-13-6-2-4-11(8-13)9-15(19)12-5-3-7-14(10-12)21-16(17)18/h2-8,10,15-16H,9,19H2,1H3. The Balaban J connectivity index is 2.10. The molecule has 3 nitrogen and oxygen atoms in total. The molecule has 1 unspecified atom stereocenters. The lowest BCUT2D eigenvalue weighted by molar-refractivity contribution is -0.0499. The Labute approximate surface area is 122 Å². The first kappa shape index (κ1) is 15.3. The summed E-state index contributed by atoms with van der Waals surface area (Å²) in [5, 5.41) is 0. The predicted molar refractivity (Wildman–Crippen MR) is 76.7 cm³/mol. The first-order chi connectivity index (χ1) is 10.1. The van der Waals surface area contributed by atoms with Gasteiger partial charge in [-0.1, -0.05) is 24.3 Å². The highest BCUT2D eigenvalue weighted by molar-refractivity contribution is 5.33. The van der Waals surface area contributed by atoms with Crippen molar-refractivity contribution in [2.45, 2.75) is 19.1 Å². The number of nitrogens with two attached hydrogens (primary N) is 1. The van der Waals surface area contributed by atoms with Gasteiger partial charge in [-0.2, -0.15) is 8.78 Å². The van der Waals surface area contributed by atoms with Gasteiger partial charge in [0.1, 0.15) is 11.5 Å². The number of methoxy groups -OCH3 is 1. The SMILES string of the molecule is COc1cccc(CC(N)c2cccc(OC(F)F)c2)c1. The molecule has 0 radical (unpaired) electrons. The second kappa shape index (κ2) is 7.04. The van der Waals surface area contributed by atoms with Gasteiger partial charge in [0.15, 0.2) is 0 Å². The minimum Gasteiger partial charge on any atom is -0.497 e. The third kappa shape index (κ3) is 4.43. The van der Waals surface area contributed by atoms with Crippen LogP contribution in [-0.2, 0) is 6.42 Å². The molecule has 21 heavy (non-hydrogen) atoms. The Bertz CT molecular complexity index is 590. The largest absolute Gasteiger partial charge is 0.497 e. The van der Waals surface area contributed by atoms with Crippen molar-refractivity contribution in [1.29, 1.82) is 0 Å². The van der Waals surface area contributed by atoms with Gasteiger partial charge in [0.25, 0.3) is 0 Å². The van der Waals surface area contributed by atoms with E-state index in [1.165, 1.54) is 12.1 Å². The Kier molecular flexibility index (Phi) is 5.11. The van der Waals surface area contributed by atoms with Crippen LogP contribution in [0.25, 0.3) is 0 Å². The second-order valence-electron chi connectivity index (χ2n) is 4.61. The van der Waals surface area contributed by atoms with Gasteiger partial charge in [0.05, 0.1) is 7.11 Å². The maximum Gasteiger partial charge on any atom is 0.387 e. The smallest absolute Gasteiger partial charge is 0.387 e. The van der Waals surface area contributed by atoms with Crippen molar-refractivity contribution in [2.24, 2.45) is 5.73 Å². The van der Waals surface area contributed by atoms with Crippen LogP contribution in [-0.4, -0.2) is 13.7 Å². The molecule has 2 rings (SSSR count). The van der Waals surface area contributed by atoms with Gasteiger partial charge < -0.3 is 15.2 Å². The normalized spacial score (nSPS) is 12.2. The van der Waals surface area contributed by atoms with E-state index in [0.717, 1.165) is 16.9 Å². The number of alkyl halides is 2. The van der Waals surface area contributed by atoms with E-state index < -0.39 is 6.61 Å². The molecule has 0 aromatic heterocycles. The molecule has 0 saturated carbocycles. The van der Waals surface area contributed by atoms with Gasteiger partial charge in [-0.05, 0) is 41.8 Å². The highest BCUT2D eigenvalue weighted by Crippen LogP contribution is 2.23. The topological polar surface area (TPSA) is 44.5 Å². The fraction of sp³-hybridized carbons (Fsp3) is 0.250. The second-order valence-corrected chi connectivity index (χ2v) is 4.61. The highest BCUT2D eigenvalue weighted by atomic mass is 19.3. The zero-order chi connectivity index (χ0) is 15.2. The van der Waals surface area contributed by atoms with E-state index >= 15 is 0 Å². The van der Waals surface area contributed by atoms with Crippen LogP contribution in [0.4, 0.5) is 8.78 Å². The lowest BCUT2D eigenvalue weighted by Crippen LogP contribution is -2.13. The van der Waals surface area contributed by atoms with Crippen LogP contribution in [0, 0.1) is 0 Å². The van der Waals surface area contributed by atoms with Crippen LogP contribution in [0.1, 0.15) is 17.2 Å². The molecule has 5 heteroatoms. The summed E-state index contributed by atoms with van der Waals surface area (Å²) in [5.74, 6) is 0.873. The molecule has 2 aromatic rings. The lowest BCUT2D eigenvalue weighted by Gasteiger charge is -2.14. The van der Waals surface area contributed by atoms with Crippen LogP contribution in [0.15, 0.2) is 48.5 Å². The van der Waals surface area contributed by atoms with Crippen LogP contribution < -0.4 is 15.2 Å². The number of benzene rings is 2. The Morgan fingerprint density at radius 1 is 1.05 bits per heavy atom. The summed E-state index contributed by atoms with van der Waals surface area (Å²) in [6.45, 7) is -2.84. The van der Waals surface area contributed by atoms with Crippen molar-refractivity contribution >= 4 is 0 Å². The summed E-state index contributed by atoms with van der Waals surface area (Å²) in [6, 6.07) is 13.7. The average Bonchev–Trinajstić information content (AvgIpc) is 2.47. The van der Waals surface area contributed by atoms with Crippen molar-refractivity contribution in [3.05, 3.63) is 59.7 Å². The van der Waals surface area contributed by atoms with Crippen molar-refractivity contribution < 1.29 is 18.3 Å². The zero-order valence-corrected chi connectivity index (χ0v) is 11.6. The van der Waals surface area contributed by atoms with E-state index in [2.05, 4.69) is 4.74 Å². The molecular formula is C16H17F2NO2. The van der Waals surface area contributed by atoms with Gasteiger partial charge in [0, 0.05) is 6.04 Å². The highest BCUT2D eigenvalue weighted by Gasteiger charge is 2.10. The average molecular weight is 293 g/mol. The number of halogens is 2. The molecule has 2 N–H and O–H groups in total. The lowest BCUT2D eigenvalue weighted by atomic mass is 9.99. The molecule has 0 saturated heterocycles. The molecule has 0 amide bonds. The Morgan fingerprint density at radius 3 is 2.48 bits per heavy atom. The molecule has 0 bridgehead atoms. The van der Waals surface area contributed by atoms with E-state index in [0.29, 0.717) is 6.42 Å². The first-order valence-electron chi connectivity index (χ1n) is 6.52. The van der Waals surface area contributed by atoms with E-state index in [9.17, 15) is 8.78 Å². The molecule has 0 aliphatic carbocycles. The molecule has 0 spiro atoms. The van der Waals surface area contributed by atoms with Crippen molar-refractivity contribution in [3.63, 3.8) is 0 Å². The molecular weight excluding hydrogens is 276 g/mol. The van der Waals surface area contributed by atoms with E-state index in [-0.39, 0.29) is 11.8 Å². The summed E-state index contributed by atoms with van der Waals surface area (Å²) >= 11 is 0. The Morgan fingerprint density at radius 2 is 1.76 bits per heavy atom. The van der Waals surface area contributed by atoms with Crippen LogP contribution >= 0.6 is 0 Å². The molecule has 0 fully saturated rings. The summed E-state index contributed by atoms with van der Waals surface area (Å²) < 4.78 is 34.0. The maximum atomic E-state index is 12.2. The van der Waals surface area contributed by atoms with Crippen LogP contribution in [0.5, 0.6) is 11.5 Å². The number of rotatable bonds is 6. The molecule has 1 atom stereocenters. The number of hydrogen-bond acceptors (Lipinski definition) is 3. The molecule has 0 heterocycles. The quantitative estimate of drug-likeness (QED) is 0.886. The monoisotopic (exact) mass is 293 g/mol. The zero-order valence-electron chi connectivity index (χ0n) is 11.6.